The van der Waals surface area contributed by atoms with Gasteiger partial charge in [-0.25, -0.2) is 0 Å². The van der Waals surface area contributed by atoms with Gasteiger partial charge in [0.1, 0.15) is 5.75 Å². The number of anilines is 1. The summed E-state index contributed by atoms with van der Waals surface area (Å²) in [4.78, 5) is 11.4. The maximum atomic E-state index is 11.4. The number of carbonyl (C=O) groups excluding carboxylic acids is 1. The molecule has 0 spiro atoms. The zero-order valence-corrected chi connectivity index (χ0v) is 12.4. The molecule has 2 aromatic rings. The van der Waals surface area contributed by atoms with E-state index < -0.39 is 6.04 Å². The summed E-state index contributed by atoms with van der Waals surface area (Å²) in [5.74, 6) is 0.430. The first-order chi connectivity index (χ1) is 10.1. The van der Waals surface area contributed by atoms with Gasteiger partial charge in [-0.1, -0.05) is 35.3 Å². The van der Waals surface area contributed by atoms with E-state index in [2.05, 4.69) is 5.32 Å². The molecular weight excluding hydrogens is 311 g/mol. The van der Waals surface area contributed by atoms with Crippen molar-refractivity contribution in [1.29, 1.82) is 0 Å². The zero-order chi connectivity index (χ0) is 15.0. The van der Waals surface area contributed by atoms with Crippen LogP contribution in [-0.4, -0.2) is 12.5 Å². The summed E-state index contributed by atoms with van der Waals surface area (Å²) in [6.07, 6.45) is 0. The van der Waals surface area contributed by atoms with Crippen molar-refractivity contribution in [3.63, 3.8) is 0 Å². The minimum Gasteiger partial charge on any atom is -0.482 e. The number of benzene rings is 2. The maximum Gasteiger partial charge on any atom is 0.262 e. The number of hydrogen-bond acceptors (Lipinski definition) is 3. The van der Waals surface area contributed by atoms with Gasteiger partial charge in [0.05, 0.1) is 11.7 Å². The summed E-state index contributed by atoms with van der Waals surface area (Å²) < 4.78 is 5.32. The van der Waals surface area contributed by atoms with Crippen molar-refractivity contribution in [2.45, 2.75) is 6.04 Å². The molecule has 6 heteroatoms. The quantitative estimate of drug-likeness (QED) is 0.890. The lowest BCUT2D eigenvalue weighted by atomic mass is 9.98. The molecule has 0 saturated heterocycles. The molecule has 21 heavy (non-hydrogen) atoms. The molecule has 1 aliphatic rings. The molecule has 2 aromatic carbocycles. The fraction of sp³-hybridized carbons (Fsp3) is 0.133. The van der Waals surface area contributed by atoms with Crippen LogP contribution in [0.1, 0.15) is 17.2 Å². The van der Waals surface area contributed by atoms with Crippen molar-refractivity contribution in [2.24, 2.45) is 5.73 Å². The van der Waals surface area contributed by atoms with E-state index in [-0.39, 0.29) is 12.5 Å². The number of halogens is 2. The lowest BCUT2D eigenvalue weighted by Gasteiger charge is -2.21. The Morgan fingerprint density at radius 1 is 1.19 bits per heavy atom. The molecule has 0 radical (unpaired) electrons. The second-order valence-electron chi connectivity index (χ2n) is 4.71. The Labute approximate surface area is 131 Å². The average molecular weight is 323 g/mol. The first kappa shape index (κ1) is 14.2. The van der Waals surface area contributed by atoms with E-state index in [1.54, 1.807) is 30.3 Å². The van der Waals surface area contributed by atoms with Crippen LogP contribution in [0.5, 0.6) is 5.75 Å². The normalized spacial score (nSPS) is 14.9. The van der Waals surface area contributed by atoms with Crippen molar-refractivity contribution in [1.82, 2.24) is 0 Å². The van der Waals surface area contributed by atoms with Gasteiger partial charge in [-0.2, -0.15) is 0 Å². The molecule has 1 heterocycles. The van der Waals surface area contributed by atoms with Gasteiger partial charge in [0.15, 0.2) is 6.61 Å². The third-order valence-corrected chi connectivity index (χ3v) is 3.97. The fourth-order valence-corrected chi connectivity index (χ4v) is 2.90. The van der Waals surface area contributed by atoms with Crippen molar-refractivity contribution in [3.05, 3.63) is 57.6 Å². The highest BCUT2D eigenvalue weighted by molar-refractivity contribution is 6.36. The van der Waals surface area contributed by atoms with E-state index in [1.165, 1.54) is 0 Å². The number of amides is 1. The standard InChI is InChI=1S/C15H12Cl2N2O2/c16-9-2-1-3-10(17)14(9)15(18)8-4-5-12-11(6-8)19-13(20)7-21-12/h1-6,15H,7,18H2,(H,19,20). The van der Waals surface area contributed by atoms with Gasteiger partial charge in [0.25, 0.3) is 5.91 Å². The topological polar surface area (TPSA) is 64.3 Å². The van der Waals surface area contributed by atoms with Crippen molar-refractivity contribution >= 4 is 34.8 Å². The van der Waals surface area contributed by atoms with Gasteiger partial charge in [-0.05, 0) is 29.8 Å². The predicted octanol–water partition coefficient (Wildman–Crippen LogP) is 3.37. The molecule has 3 N–H and O–H groups in total. The Hall–Kier alpha value is -1.75. The van der Waals surface area contributed by atoms with Crippen molar-refractivity contribution in [3.8, 4) is 5.75 Å². The first-order valence-corrected chi connectivity index (χ1v) is 7.08. The van der Waals surface area contributed by atoms with E-state index in [0.29, 0.717) is 27.0 Å². The van der Waals surface area contributed by atoms with Gasteiger partial charge in [0.2, 0.25) is 0 Å². The third kappa shape index (κ3) is 2.70. The van der Waals surface area contributed by atoms with Crippen LogP contribution in [0.4, 0.5) is 5.69 Å². The number of rotatable bonds is 2. The van der Waals surface area contributed by atoms with Gasteiger partial charge < -0.3 is 15.8 Å². The molecule has 4 nitrogen and oxygen atoms in total. The minimum atomic E-state index is -0.490. The lowest BCUT2D eigenvalue weighted by Crippen LogP contribution is -2.25. The lowest BCUT2D eigenvalue weighted by molar-refractivity contribution is -0.118. The molecule has 1 atom stereocenters. The summed E-state index contributed by atoms with van der Waals surface area (Å²) in [5.41, 5.74) is 8.31. The van der Waals surface area contributed by atoms with Crippen LogP contribution in [0.3, 0.4) is 0 Å². The first-order valence-electron chi connectivity index (χ1n) is 6.32. The monoisotopic (exact) mass is 322 g/mol. The van der Waals surface area contributed by atoms with Crippen molar-refractivity contribution in [2.75, 3.05) is 11.9 Å². The van der Waals surface area contributed by atoms with E-state index in [0.717, 1.165) is 5.56 Å². The molecule has 1 unspecified atom stereocenters. The van der Waals surface area contributed by atoms with Gasteiger partial charge in [0, 0.05) is 15.6 Å². The van der Waals surface area contributed by atoms with Crippen LogP contribution < -0.4 is 15.8 Å². The molecule has 0 bridgehead atoms. The SMILES string of the molecule is NC(c1ccc2c(c1)NC(=O)CO2)c1c(Cl)cccc1Cl. The summed E-state index contributed by atoms with van der Waals surface area (Å²) in [6.45, 7) is 0.0226. The zero-order valence-electron chi connectivity index (χ0n) is 10.9. The van der Waals surface area contributed by atoms with E-state index in [1.807, 2.05) is 6.07 Å². The molecule has 1 amide bonds. The molecule has 0 aromatic heterocycles. The van der Waals surface area contributed by atoms with Crippen molar-refractivity contribution < 1.29 is 9.53 Å². The minimum absolute atomic E-state index is 0.0226. The number of ether oxygens (including phenoxy) is 1. The molecule has 1 aliphatic heterocycles. The number of nitrogens with one attached hydrogen (secondary N) is 1. The van der Waals surface area contributed by atoms with E-state index >= 15 is 0 Å². The van der Waals surface area contributed by atoms with Gasteiger partial charge >= 0.3 is 0 Å². The van der Waals surface area contributed by atoms with Crippen LogP contribution in [0.25, 0.3) is 0 Å². The Morgan fingerprint density at radius 2 is 1.90 bits per heavy atom. The molecule has 0 fully saturated rings. The number of carbonyl (C=O) groups is 1. The fourth-order valence-electron chi connectivity index (χ4n) is 2.27. The highest BCUT2D eigenvalue weighted by atomic mass is 35.5. The average Bonchev–Trinajstić information content (AvgIpc) is 2.46. The second-order valence-corrected chi connectivity index (χ2v) is 5.52. The number of hydrogen-bond donors (Lipinski definition) is 2. The Balaban J connectivity index is 2.01. The predicted molar refractivity (Wildman–Crippen MR) is 83.1 cm³/mol. The van der Waals surface area contributed by atoms with Crippen LogP contribution in [-0.2, 0) is 4.79 Å². The Morgan fingerprint density at radius 3 is 2.62 bits per heavy atom. The van der Waals surface area contributed by atoms with Crippen LogP contribution in [0.15, 0.2) is 36.4 Å². The summed E-state index contributed by atoms with van der Waals surface area (Å²) in [5, 5.41) is 3.77. The largest absolute Gasteiger partial charge is 0.482 e. The number of fused-ring (bicyclic) bond motifs is 1. The molecule has 0 aliphatic carbocycles. The maximum absolute atomic E-state index is 11.4. The highest BCUT2D eigenvalue weighted by Crippen LogP contribution is 2.36. The number of nitrogens with two attached hydrogens (primary N) is 1. The summed E-state index contributed by atoms with van der Waals surface area (Å²) in [7, 11) is 0. The van der Waals surface area contributed by atoms with Crippen LogP contribution in [0, 0.1) is 0 Å². The molecule has 0 saturated carbocycles. The summed E-state index contributed by atoms with van der Waals surface area (Å²) in [6, 6.07) is 10.1. The molecule has 108 valence electrons. The Kier molecular flexibility index (Phi) is 3.76. The summed E-state index contributed by atoms with van der Waals surface area (Å²) >= 11 is 12.4. The molecule has 3 rings (SSSR count). The van der Waals surface area contributed by atoms with Gasteiger partial charge in [-0.3, -0.25) is 4.79 Å². The van der Waals surface area contributed by atoms with E-state index in [9.17, 15) is 4.79 Å². The van der Waals surface area contributed by atoms with E-state index in [4.69, 9.17) is 33.7 Å². The second kappa shape index (κ2) is 5.56. The highest BCUT2D eigenvalue weighted by Gasteiger charge is 2.20. The smallest absolute Gasteiger partial charge is 0.262 e. The molecular formula is C15H12Cl2N2O2. The van der Waals surface area contributed by atoms with Crippen LogP contribution >= 0.6 is 23.2 Å². The Bertz CT molecular complexity index is 699. The van der Waals surface area contributed by atoms with Gasteiger partial charge in [-0.15, -0.1) is 0 Å². The van der Waals surface area contributed by atoms with Crippen LogP contribution in [0.2, 0.25) is 10.0 Å². The third-order valence-electron chi connectivity index (χ3n) is 3.31.